The summed E-state index contributed by atoms with van der Waals surface area (Å²) in [6.45, 7) is 3.97. The van der Waals surface area contributed by atoms with Crippen LogP contribution in [0.25, 0.3) is 0 Å². The van der Waals surface area contributed by atoms with Crippen molar-refractivity contribution in [2.24, 2.45) is 0 Å². The molecule has 25 heavy (non-hydrogen) atoms. The minimum absolute atomic E-state index is 0.0469. The molecule has 0 unspecified atom stereocenters. The van der Waals surface area contributed by atoms with Gasteiger partial charge in [-0.25, -0.2) is 4.79 Å². The van der Waals surface area contributed by atoms with Crippen LogP contribution >= 0.6 is 0 Å². The first kappa shape index (κ1) is 18.3. The van der Waals surface area contributed by atoms with Crippen LogP contribution in [0.3, 0.4) is 0 Å². The van der Waals surface area contributed by atoms with E-state index in [0.717, 1.165) is 6.42 Å². The van der Waals surface area contributed by atoms with Gasteiger partial charge < -0.3 is 19.9 Å². The SMILES string of the molecule is CC[C@@H](C)Oc1cccc(C(=O)Nc2cc(C(=O)O)ccc2OC)c1. The van der Waals surface area contributed by atoms with Crippen molar-refractivity contribution >= 4 is 17.6 Å². The molecular formula is C19H21NO5. The Morgan fingerprint density at radius 1 is 1.16 bits per heavy atom. The van der Waals surface area contributed by atoms with Crippen molar-refractivity contribution in [3.63, 3.8) is 0 Å². The van der Waals surface area contributed by atoms with Gasteiger partial charge in [-0.05, 0) is 49.7 Å². The standard InChI is InChI=1S/C19H21NO5/c1-4-12(2)25-15-7-5-6-13(10-15)18(21)20-16-11-14(19(22)23)8-9-17(16)24-3/h5-12H,4H2,1-3H3,(H,20,21)(H,22,23)/t12-/m1/s1. The second-order valence-electron chi connectivity index (χ2n) is 5.54. The summed E-state index contributed by atoms with van der Waals surface area (Å²) in [4.78, 5) is 23.6. The van der Waals surface area contributed by atoms with Crippen LogP contribution in [0.1, 0.15) is 41.0 Å². The fourth-order valence-corrected chi connectivity index (χ4v) is 2.16. The lowest BCUT2D eigenvalue weighted by Gasteiger charge is -2.14. The van der Waals surface area contributed by atoms with Crippen LogP contribution in [0.4, 0.5) is 5.69 Å². The van der Waals surface area contributed by atoms with Crippen LogP contribution < -0.4 is 14.8 Å². The van der Waals surface area contributed by atoms with E-state index in [2.05, 4.69) is 5.32 Å². The highest BCUT2D eigenvalue weighted by atomic mass is 16.5. The lowest BCUT2D eigenvalue weighted by molar-refractivity contribution is 0.0696. The normalized spacial score (nSPS) is 11.5. The van der Waals surface area contributed by atoms with Gasteiger partial charge in [-0.3, -0.25) is 4.79 Å². The van der Waals surface area contributed by atoms with Gasteiger partial charge in [0.05, 0.1) is 24.5 Å². The average molecular weight is 343 g/mol. The van der Waals surface area contributed by atoms with E-state index in [1.54, 1.807) is 24.3 Å². The number of nitrogens with one attached hydrogen (secondary N) is 1. The largest absolute Gasteiger partial charge is 0.495 e. The van der Waals surface area contributed by atoms with Gasteiger partial charge in [-0.1, -0.05) is 13.0 Å². The molecule has 0 bridgehead atoms. The predicted octanol–water partition coefficient (Wildman–Crippen LogP) is 3.82. The summed E-state index contributed by atoms with van der Waals surface area (Å²) in [6.07, 6.45) is 0.904. The number of carboxylic acids is 1. The topological polar surface area (TPSA) is 84.9 Å². The van der Waals surface area contributed by atoms with Crippen molar-refractivity contribution in [3.8, 4) is 11.5 Å². The molecule has 6 nitrogen and oxygen atoms in total. The van der Waals surface area contributed by atoms with Crippen LogP contribution in [-0.4, -0.2) is 30.2 Å². The summed E-state index contributed by atoms with van der Waals surface area (Å²) in [7, 11) is 1.45. The maximum Gasteiger partial charge on any atom is 0.335 e. The molecule has 0 aliphatic carbocycles. The summed E-state index contributed by atoms with van der Waals surface area (Å²) in [5.41, 5.74) is 0.759. The number of carbonyl (C=O) groups is 2. The molecular weight excluding hydrogens is 322 g/mol. The number of ether oxygens (including phenoxy) is 2. The van der Waals surface area contributed by atoms with Gasteiger partial charge in [0.15, 0.2) is 0 Å². The Balaban J connectivity index is 2.23. The second kappa shape index (κ2) is 8.19. The van der Waals surface area contributed by atoms with Crippen molar-refractivity contribution in [2.75, 3.05) is 12.4 Å². The van der Waals surface area contributed by atoms with Gasteiger partial charge >= 0.3 is 5.97 Å². The Hall–Kier alpha value is -3.02. The molecule has 0 saturated carbocycles. The zero-order valence-electron chi connectivity index (χ0n) is 14.4. The van der Waals surface area contributed by atoms with Gasteiger partial charge in [0.25, 0.3) is 5.91 Å². The molecule has 0 aromatic heterocycles. The number of benzene rings is 2. The minimum Gasteiger partial charge on any atom is -0.495 e. The fraction of sp³-hybridized carbons (Fsp3) is 0.263. The van der Waals surface area contributed by atoms with Gasteiger partial charge in [0, 0.05) is 5.56 Å². The quantitative estimate of drug-likeness (QED) is 0.798. The highest BCUT2D eigenvalue weighted by molar-refractivity contribution is 6.05. The van der Waals surface area contributed by atoms with E-state index in [1.807, 2.05) is 13.8 Å². The first-order chi connectivity index (χ1) is 11.9. The molecule has 0 aliphatic rings. The maximum atomic E-state index is 12.5. The number of rotatable bonds is 7. The Morgan fingerprint density at radius 2 is 1.92 bits per heavy atom. The highest BCUT2D eigenvalue weighted by Crippen LogP contribution is 2.26. The molecule has 0 aliphatic heterocycles. The number of amides is 1. The highest BCUT2D eigenvalue weighted by Gasteiger charge is 2.14. The van der Waals surface area contributed by atoms with E-state index < -0.39 is 5.97 Å². The zero-order valence-corrected chi connectivity index (χ0v) is 14.4. The van der Waals surface area contributed by atoms with Gasteiger partial charge in [-0.2, -0.15) is 0 Å². The van der Waals surface area contributed by atoms with Crippen molar-refractivity contribution in [1.29, 1.82) is 0 Å². The van der Waals surface area contributed by atoms with Gasteiger partial charge in [0.1, 0.15) is 11.5 Å². The van der Waals surface area contributed by atoms with E-state index >= 15 is 0 Å². The predicted molar refractivity (Wildman–Crippen MR) is 94.7 cm³/mol. The van der Waals surface area contributed by atoms with Crippen molar-refractivity contribution in [2.45, 2.75) is 26.4 Å². The van der Waals surface area contributed by atoms with Crippen molar-refractivity contribution in [3.05, 3.63) is 53.6 Å². The number of hydrogen-bond donors (Lipinski definition) is 2. The summed E-state index contributed by atoms with van der Waals surface area (Å²) in [6, 6.07) is 11.1. The molecule has 0 fully saturated rings. The van der Waals surface area contributed by atoms with E-state index in [1.165, 1.54) is 25.3 Å². The lowest BCUT2D eigenvalue weighted by Crippen LogP contribution is -2.14. The monoisotopic (exact) mass is 343 g/mol. The Kier molecular flexibility index (Phi) is 6.00. The van der Waals surface area contributed by atoms with E-state index in [4.69, 9.17) is 14.6 Å². The van der Waals surface area contributed by atoms with E-state index in [9.17, 15) is 9.59 Å². The molecule has 0 heterocycles. The molecule has 2 aromatic carbocycles. The molecule has 0 spiro atoms. The first-order valence-corrected chi connectivity index (χ1v) is 7.94. The molecule has 2 aromatic rings. The molecule has 0 radical (unpaired) electrons. The number of carboxylic acid groups (broad SMARTS) is 1. The maximum absolute atomic E-state index is 12.5. The second-order valence-corrected chi connectivity index (χ2v) is 5.54. The lowest BCUT2D eigenvalue weighted by atomic mass is 10.1. The van der Waals surface area contributed by atoms with Gasteiger partial charge in [-0.15, -0.1) is 0 Å². The molecule has 132 valence electrons. The van der Waals surface area contributed by atoms with Crippen molar-refractivity contribution < 1.29 is 24.2 Å². The number of methoxy groups -OCH3 is 1. The van der Waals surface area contributed by atoms with Crippen LogP contribution in [0.15, 0.2) is 42.5 Å². The summed E-state index contributed by atoms with van der Waals surface area (Å²) in [5.74, 6) is -0.476. The smallest absolute Gasteiger partial charge is 0.335 e. The minimum atomic E-state index is -1.08. The Morgan fingerprint density at radius 3 is 2.56 bits per heavy atom. The summed E-state index contributed by atoms with van der Waals surface area (Å²) in [5, 5.41) is 11.8. The molecule has 2 N–H and O–H groups in total. The number of aromatic carboxylic acids is 1. The summed E-state index contributed by atoms with van der Waals surface area (Å²) >= 11 is 0. The third-order valence-corrected chi connectivity index (χ3v) is 3.70. The van der Waals surface area contributed by atoms with Crippen LogP contribution in [0.2, 0.25) is 0 Å². The van der Waals surface area contributed by atoms with Crippen LogP contribution in [0.5, 0.6) is 11.5 Å². The fourth-order valence-electron chi connectivity index (χ4n) is 2.16. The van der Waals surface area contributed by atoms with Gasteiger partial charge in [0.2, 0.25) is 0 Å². The number of anilines is 1. The third-order valence-electron chi connectivity index (χ3n) is 3.70. The van der Waals surface area contributed by atoms with Crippen molar-refractivity contribution in [1.82, 2.24) is 0 Å². The first-order valence-electron chi connectivity index (χ1n) is 7.94. The Labute approximate surface area is 146 Å². The molecule has 2 rings (SSSR count). The zero-order chi connectivity index (χ0) is 18.4. The van der Waals surface area contributed by atoms with E-state index in [-0.39, 0.29) is 17.6 Å². The molecule has 0 saturated heterocycles. The molecule has 1 atom stereocenters. The van der Waals surface area contributed by atoms with Crippen LogP contribution in [0, 0.1) is 0 Å². The number of hydrogen-bond acceptors (Lipinski definition) is 4. The Bertz CT molecular complexity index is 772. The number of carbonyl (C=O) groups excluding carboxylic acids is 1. The molecule has 1 amide bonds. The van der Waals surface area contributed by atoms with Crippen LogP contribution in [-0.2, 0) is 0 Å². The third kappa shape index (κ3) is 4.73. The summed E-state index contributed by atoms with van der Waals surface area (Å²) < 4.78 is 10.9. The molecule has 6 heteroatoms. The van der Waals surface area contributed by atoms with E-state index in [0.29, 0.717) is 22.7 Å². The average Bonchev–Trinajstić information content (AvgIpc) is 2.61.